The Labute approximate surface area is 241 Å². The summed E-state index contributed by atoms with van der Waals surface area (Å²) in [5.41, 5.74) is 5.19. The van der Waals surface area contributed by atoms with Gasteiger partial charge in [-0.25, -0.2) is 4.79 Å². The van der Waals surface area contributed by atoms with Gasteiger partial charge in [0.05, 0.1) is 5.56 Å². The minimum atomic E-state index is -1.10. The fraction of sp³-hybridized carbons (Fsp3) is 0.333. The Hall–Kier alpha value is -3.48. The van der Waals surface area contributed by atoms with Crippen molar-refractivity contribution in [3.8, 4) is 5.75 Å². The zero-order valence-corrected chi connectivity index (χ0v) is 23.3. The largest absolute Gasteiger partial charge is 1.00 e. The van der Waals surface area contributed by atoms with Crippen molar-refractivity contribution in [2.75, 3.05) is 0 Å². The van der Waals surface area contributed by atoms with Crippen LogP contribution in [-0.2, 0) is 17.1 Å². The molecule has 0 aliphatic rings. The van der Waals surface area contributed by atoms with Gasteiger partial charge in [-0.3, -0.25) is 0 Å². The number of benzene rings is 3. The second-order valence-electron chi connectivity index (χ2n) is 5.40. The average Bonchev–Trinajstić information content (AvgIpc) is 2.94. The van der Waals surface area contributed by atoms with Crippen molar-refractivity contribution in [2.45, 2.75) is 70.2 Å². The Morgan fingerprint density at radius 3 is 1.71 bits per heavy atom. The molecule has 0 radical (unpaired) electrons. The second kappa shape index (κ2) is 29.7. The Morgan fingerprint density at radius 2 is 1.18 bits per heavy atom. The number of aromatic hydroxyl groups is 1. The van der Waals surface area contributed by atoms with Crippen molar-refractivity contribution < 1.29 is 32.1 Å². The Bertz CT molecular complexity index is 1010. The maximum atomic E-state index is 11.3. The zero-order valence-electron chi connectivity index (χ0n) is 22.4. The molecule has 0 saturated heterocycles. The molecule has 0 bridgehead atoms. The van der Waals surface area contributed by atoms with Gasteiger partial charge in [0.25, 0.3) is 0 Å². The Kier molecular flexibility index (Phi) is 34.8. The van der Waals surface area contributed by atoms with Crippen LogP contribution in [-0.4, -0.2) is 22.0 Å². The van der Waals surface area contributed by atoms with Crippen LogP contribution < -0.4 is 0 Å². The number of amidine groups is 1. The number of nitrogens with zero attached hydrogens (tertiary/aromatic N) is 4. The number of rotatable bonds is 5. The molecule has 3 aromatic rings. The van der Waals surface area contributed by atoms with Gasteiger partial charge in [0, 0.05) is 5.56 Å². The first-order valence-corrected chi connectivity index (χ1v) is 12.0. The minimum Gasteiger partial charge on any atom is -0.571 e. The first kappa shape index (κ1) is 44.5. The molecule has 3 aromatic carbocycles. The molecular formula is C30H47CuN4O3. The van der Waals surface area contributed by atoms with Gasteiger partial charge >= 0.3 is 23.0 Å². The van der Waals surface area contributed by atoms with Gasteiger partial charge in [0.15, 0.2) is 5.84 Å². The van der Waals surface area contributed by atoms with E-state index in [9.17, 15) is 15.0 Å². The molecular weight excluding hydrogens is 528 g/mol. The minimum absolute atomic E-state index is 0. The van der Waals surface area contributed by atoms with E-state index in [4.69, 9.17) is 0 Å². The number of para-hydroxylation sites is 1. The molecule has 38 heavy (non-hydrogen) atoms. The Morgan fingerprint density at radius 1 is 0.711 bits per heavy atom. The SMILES string of the molecule is C.C.CC.CC.CC.CC.O=C(O)c1ccccc1N=NC(=N[N-]c1ccccc1O)c1ccccc1.[Cu+]. The fourth-order valence-electron chi connectivity index (χ4n) is 2.22. The quantitative estimate of drug-likeness (QED) is 0.104. The molecule has 0 atom stereocenters. The number of aromatic carboxylic acids is 1. The number of phenols is 1. The van der Waals surface area contributed by atoms with E-state index in [0.29, 0.717) is 5.56 Å². The first-order valence-electron chi connectivity index (χ1n) is 12.0. The van der Waals surface area contributed by atoms with E-state index in [1.807, 2.05) is 73.6 Å². The maximum absolute atomic E-state index is 11.3. The first-order chi connectivity index (χ1) is 17.1. The molecule has 0 unspecified atom stereocenters. The molecule has 0 spiro atoms. The van der Waals surface area contributed by atoms with Crippen LogP contribution in [0.1, 0.15) is 86.2 Å². The van der Waals surface area contributed by atoms with Gasteiger partial charge in [-0.1, -0.05) is 137 Å². The van der Waals surface area contributed by atoms with Crippen molar-refractivity contribution in [2.24, 2.45) is 15.3 Å². The molecule has 0 aliphatic heterocycles. The molecule has 0 saturated carbocycles. The van der Waals surface area contributed by atoms with Gasteiger partial charge in [0.2, 0.25) is 0 Å². The van der Waals surface area contributed by atoms with Crippen LogP contribution in [0.4, 0.5) is 11.4 Å². The normalized spacial score (nSPS) is 8.79. The summed E-state index contributed by atoms with van der Waals surface area (Å²) in [4.78, 5) is 11.3. The second-order valence-corrected chi connectivity index (χ2v) is 5.40. The Balaban J connectivity index is -0.000000302. The summed E-state index contributed by atoms with van der Waals surface area (Å²) in [7, 11) is 0. The summed E-state index contributed by atoms with van der Waals surface area (Å²) in [6.07, 6.45) is 0. The standard InChI is InChI=1S/C20H16N4O3.4C2H6.2CH4.Cu/c25-18-13-7-6-12-17(18)22-24-19(14-8-2-1-3-9-14)23-21-16-11-5-4-10-15(16)20(26)27;4*1-2;;;/h1-13H,(H3,21,22,23,24,25,26,27);4*1-2H3;2*1H4;/q;;;;;;;+1/p-1. The van der Waals surface area contributed by atoms with E-state index in [-0.39, 0.29) is 60.4 Å². The third-order valence-corrected chi connectivity index (χ3v) is 3.55. The van der Waals surface area contributed by atoms with E-state index in [1.165, 1.54) is 12.1 Å². The van der Waals surface area contributed by atoms with E-state index in [0.717, 1.165) is 0 Å². The zero-order chi connectivity index (χ0) is 27.1. The predicted octanol–water partition coefficient (Wildman–Crippen LogP) is 10.6. The van der Waals surface area contributed by atoms with Crippen LogP contribution in [0.25, 0.3) is 5.43 Å². The van der Waals surface area contributed by atoms with E-state index in [1.54, 1.807) is 48.5 Å². The van der Waals surface area contributed by atoms with Crippen molar-refractivity contribution >= 4 is 23.2 Å². The van der Waals surface area contributed by atoms with Crippen LogP contribution in [0.15, 0.2) is 94.2 Å². The third-order valence-electron chi connectivity index (χ3n) is 3.55. The summed E-state index contributed by atoms with van der Waals surface area (Å²) in [6, 6.07) is 21.8. The summed E-state index contributed by atoms with van der Waals surface area (Å²) in [5.74, 6) is -0.928. The molecule has 7 nitrogen and oxygen atoms in total. The number of carboxylic acid groups (broad SMARTS) is 1. The molecule has 3 rings (SSSR count). The molecule has 0 aliphatic carbocycles. The third kappa shape index (κ3) is 16.3. The molecule has 2 N–H and O–H groups in total. The summed E-state index contributed by atoms with van der Waals surface area (Å²) < 4.78 is 0. The number of carbonyl (C=O) groups is 1. The molecule has 0 amide bonds. The van der Waals surface area contributed by atoms with Crippen LogP contribution in [0.5, 0.6) is 5.75 Å². The van der Waals surface area contributed by atoms with E-state index < -0.39 is 5.97 Å². The maximum Gasteiger partial charge on any atom is 1.00 e. The average molecular weight is 575 g/mol. The van der Waals surface area contributed by atoms with Crippen LogP contribution in [0.3, 0.4) is 0 Å². The molecule has 216 valence electrons. The van der Waals surface area contributed by atoms with E-state index >= 15 is 0 Å². The van der Waals surface area contributed by atoms with E-state index in [2.05, 4.69) is 20.8 Å². The van der Waals surface area contributed by atoms with Gasteiger partial charge < -0.3 is 20.7 Å². The van der Waals surface area contributed by atoms with Crippen LogP contribution >= 0.6 is 0 Å². The molecule has 8 heteroatoms. The summed E-state index contributed by atoms with van der Waals surface area (Å²) in [6.45, 7) is 16.0. The monoisotopic (exact) mass is 574 g/mol. The van der Waals surface area contributed by atoms with Gasteiger partial charge in [-0.05, 0) is 18.2 Å². The number of phenolic OH excluding ortho intramolecular Hbond substituents is 1. The number of azo groups is 1. The number of hydrogen-bond donors (Lipinski definition) is 2. The van der Waals surface area contributed by atoms with Crippen molar-refractivity contribution in [1.82, 2.24) is 0 Å². The van der Waals surface area contributed by atoms with Crippen LogP contribution in [0.2, 0.25) is 0 Å². The van der Waals surface area contributed by atoms with Gasteiger partial charge in [0.1, 0.15) is 11.4 Å². The predicted molar refractivity (Wildman–Crippen MR) is 161 cm³/mol. The smallest absolute Gasteiger partial charge is 0.571 e. The van der Waals surface area contributed by atoms with Crippen molar-refractivity contribution in [3.63, 3.8) is 0 Å². The van der Waals surface area contributed by atoms with Crippen molar-refractivity contribution in [1.29, 1.82) is 0 Å². The van der Waals surface area contributed by atoms with Gasteiger partial charge in [-0.2, -0.15) is 0 Å². The van der Waals surface area contributed by atoms with Gasteiger partial charge in [-0.15, -0.1) is 10.2 Å². The molecule has 0 aromatic heterocycles. The topological polar surface area (TPSA) is 109 Å². The number of carboxylic acids is 1. The number of hydrogen-bond acceptors (Lipinski definition) is 4. The summed E-state index contributed by atoms with van der Waals surface area (Å²) in [5, 5.41) is 31.3. The fourth-order valence-corrected chi connectivity index (χ4v) is 2.22. The summed E-state index contributed by atoms with van der Waals surface area (Å²) >= 11 is 0. The molecule has 0 fully saturated rings. The van der Waals surface area contributed by atoms with Crippen molar-refractivity contribution in [3.05, 3.63) is 95.4 Å². The molecule has 0 heterocycles. The van der Waals surface area contributed by atoms with Crippen LogP contribution in [0, 0.1) is 0 Å².